The quantitative estimate of drug-likeness (QED) is 0.790. The van der Waals surface area contributed by atoms with Gasteiger partial charge in [0, 0.05) is 25.7 Å². The molecule has 76 valence electrons. The van der Waals surface area contributed by atoms with E-state index in [4.69, 9.17) is 5.73 Å². The van der Waals surface area contributed by atoms with Gasteiger partial charge in [0.25, 0.3) is 0 Å². The molecule has 2 nitrogen and oxygen atoms in total. The van der Waals surface area contributed by atoms with Crippen molar-refractivity contribution in [3.8, 4) is 0 Å². The van der Waals surface area contributed by atoms with Crippen LogP contribution in [0.4, 0.5) is 4.39 Å². The Morgan fingerprint density at radius 1 is 1.36 bits per heavy atom. The fourth-order valence-electron chi connectivity index (χ4n) is 1.94. The maximum atomic E-state index is 12.7. The van der Waals surface area contributed by atoms with E-state index in [2.05, 4.69) is 4.90 Å². The maximum absolute atomic E-state index is 12.7. The molecule has 1 aromatic carbocycles. The zero-order chi connectivity index (χ0) is 9.97. The molecule has 1 aromatic rings. The van der Waals surface area contributed by atoms with Gasteiger partial charge in [-0.15, -0.1) is 0 Å². The van der Waals surface area contributed by atoms with Crippen molar-refractivity contribution in [3.63, 3.8) is 0 Å². The minimum absolute atomic E-state index is 0.168. The first kappa shape index (κ1) is 9.62. The van der Waals surface area contributed by atoms with Crippen molar-refractivity contribution in [2.75, 3.05) is 19.6 Å². The first-order chi connectivity index (χ1) is 6.81. The summed E-state index contributed by atoms with van der Waals surface area (Å²) in [5.41, 5.74) is 6.70. The molecule has 0 radical (unpaired) electrons. The fourth-order valence-corrected chi connectivity index (χ4v) is 1.94. The minimum Gasteiger partial charge on any atom is -0.329 e. The molecule has 1 heterocycles. The van der Waals surface area contributed by atoms with Gasteiger partial charge < -0.3 is 5.73 Å². The van der Waals surface area contributed by atoms with Gasteiger partial charge in [0.2, 0.25) is 0 Å². The number of rotatable bonds is 3. The van der Waals surface area contributed by atoms with Crippen LogP contribution < -0.4 is 5.73 Å². The summed E-state index contributed by atoms with van der Waals surface area (Å²) in [5, 5.41) is 0. The van der Waals surface area contributed by atoms with Crippen molar-refractivity contribution in [1.29, 1.82) is 0 Å². The van der Waals surface area contributed by atoms with E-state index >= 15 is 0 Å². The maximum Gasteiger partial charge on any atom is 0.123 e. The topological polar surface area (TPSA) is 29.3 Å². The van der Waals surface area contributed by atoms with Crippen molar-refractivity contribution in [2.24, 2.45) is 5.73 Å². The van der Waals surface area contributed by atoms with Gasteiger partial charge in [0.1, 0.15) is 5.82 Å². The Labute approximate surface area is 83.5 Å². The highest BCUT2D eigenvalue weighted by Crippen LogP contribution is 2.32. The molecule has 0 aliphatic carbocycles. The molecule has 2 N–H and O–H groups in total. The van der Waals surface area contributed by atoms with E-state index < -0.39 is 0 Å². The van der Waals surface area contributed by atoms with Crippen molar-refractivity contribution in [1.82, 2.24) is 4.90 Å². The van der Waals surface area contributed by atoms with E-state index in [0.717, 1.165) is 19.5 Å². The van der Waals surface area contributed by atoms with Gasteiger partial charge in [-0.1, -0.05) is 12.1 Å². The number of hydrogen-bond donors (Lipinski definition) is 1. The van der Waals surface area contributed by atoms with Crippen LogP contribution in [0.2, 0.25) is 0 Å². The smallest absolute Gasteiger partial charge is 0.123 e. The molecule has 0 spiro atoms. The molecule has 3 heteroatoms. The second-order valence-electron chi connectivity index (χ2n) is 3.68. The number of halogens is 1. The van der Waals surface area contributed by atoms with E-state index in [0.29, 0.717) is 12.6 Å². The number of benzene rings is 1. The van der Waals surface area contributed by atoms with Crippen LogP contribution in [0.1, 0.15) is 18.0 Å². The third kappa shape index (κ3) is 1.79. The third-order valence-corrected chi connectivity index (χ3v) is 2.80. The highest BCUT2D eigenvalue weighted by molar-refractivity contribution is 5.21. The summed E-state index contributed by atoms with van der Waals surface area (Å²) >= 11 is 0. The SMILES string of the molecule is NCCN1CCC1c1ccc(F)cc1. The van der Waals surface area contributed by atoms with Crippen molar-refractivity contribution in [3.05, 3.63) is 35.6 Å². The van der Waals surface area contributed by atoms with Gasteiger partial charge in [0.05, 0.1) is 0 Å². The highest BCUT2D eigenvalue weighted by Gasteiger charge is 2.28. The zero-order valence-corrected chi connectivity index (χ0v) is 8.12. The molecular weight excluding hydrogens is 179 g/mol. The molecule has 2 rings (SSSR count). The summed E-state index contributed by atoms with van der Waals surface area (Å²) in [7, 11) is 0. The number of nitrogens with zero attached hydrogens (tertiary/aromatic N) is 1. The first-order valence-corrected chi connectivity index (χ1v) is 5.01. The Hall–Kier alpha value is -0.930. The van der Waals surface area contributed by atoms with Gasteiger partial charge in [0.15, 0.2) is 0 Å². The molecule has 1 unspecified atom stereocenters. The average molecular weight is 194 g/mol. The molecule has 14 heavy (non-hydrogen) atoms. The largest absolute Gasteiger partial charge is 0.329 e. The van der Waals surface area contributed by atoms with Gasteiger partial charge >= 0.3 is 0 Å². The van der Waals surface area contributed by atoms with Crippen LogP contribution in [0.3, 0.4) is 0 Å². The lowest BCUT2D eigenvalue weighted by Crippen LogP contribution is -2.43. The summed E-state index contributed by atoms with van der Waals surface area (Å²) in [5.74, 6) is -0.168. The lowest BCUT2D eigenvalue weighted by molar-refractivity contribution is 0.0950. The first-order valence-electron chi connectivity index (χ1n) is 5.01. The van der Waals surface area contributed by atoms with Crippen LogP contribution in [0, 0.1) is 5.82 Å². The summed E-state index contributed by atoms with van der Waals surface area (Å²) in [6, 6.07) is 7.23. The van der Waals surface area contributed by atoms with E-state index in [9.17, 15) is 4.39 Å². The van der Waals surface area contributed by atoms with Gasteiger partial charge in [-0.2, -0.15) is 0 Å². The minimum atomic E-state index is -0.168. The van der Waals surface area contributed by atoms with E-state index in [-0.39, 0.29) is 5.82 Å². The summed E-state index contributed by atoms with van der Waals surface area (Å²) in [4.78, 5) is 2.33. The fraction of sp³-hybridized carbons (Fsp3) is 0.455. The van der Waals surface area contributed by atoms with Crippen molar-refractivity contribution >= 4 is 0 Å². The zero-order valence-electron chi connectivity index (χ0n) is 8.12. The standard InChI is InChI=1S/C11H15FN2/c12-10-3-1-9(2-4-10)11-5-7-14(11)8-6-13/h1-4,11H,5-8,13H2. The average Bonchev–Trinajstić information content (AvgIpc) is 2.16. The third-order valence-electron chi connectivity index (χ3n) is 2.80. The number of likely N-dealkylation sites (tertiary alicyclic amines) is 1. The Balaban J connectivity index is 2.04. The monoisotopic (exact) mass is 194 g/mol. The normalized spacial score (nSPS) is 22.0. The summed E-state index contributed by atoms with van der Waals surface area (Å²) in [6.45, 7) is 2.74. The second-order valence-corrected chi connectivity index (χ2v) is 3.68. The predicted octanol–water partition coefficient (Wildman–Crippen LogP) is 1.53. The molecule has 0 saturated carbocycles. The van der Waals surface area contributed by atoms with E-state index in [1.165, 1.54) is 17.7 Å². The Bertz CT molecular complexity index is 297. The lowest BCUT2D eigenvalue weighted by atomic mass is 9.95. The molecule has 0 aromatic heterocycles. The lowest BCUT2D eigenvalue weighted by Gasteiger charge is -2.41. The Kier molecular flexibility index (Phi) is 2.79. The van der Waals surface area contributed by atoms with Gasteiger partial charge in [-0.3, -0.25) is 4.90 Å². The number of hydrogen-bond acceptors (Lipinski definition) is 2. The molecule has 1 aliphatic heterocycles. The van der Waals surface area contributed by atoms with Crippen molar-refractivity contribution < 1.29 is 4.39 Å². The summed E-state index contributed by atoms with van der Waals surface area (Å²) < 4.78 is 12.7. The highest BCUT2D eigenvalue weighted by atomic mass is 19.1. The number of nitrogens with two attached hydrogens (primary N) is 1. The molecule has 1 fully saturated rings. The second kappa shape index (κ2) is 4.07. The van der Waals surface area contributed by atoms with Crippen molar-refractivity contribution in [2.45, 2.75) is 12.5 Å². The van der Waals surface area contributed by atoms with E-state index in [1.807, 2.05) is 12.1 Å². The van der Waals surface area contributed by atoms with Crippen LogP contribution in [0.5, 0.6) is 0 Å². The molecule has 0 amide bonds. The molecular formula is C11H15FN2. The van der Waals surface area contributed by atoms with Gasteiger partial charge in [-0.05, 0) is 24.1 Å². The molecule has 1 aliphatic rings. The Morgan fingerprint density at radius 3 is 2.57 bits per heavy atom. The Morgan fingerprint density at radius 2 is 2.07 bits per heavy atom. The van der Waals surface area contributed by atoms with Crippen LogP contribution in [0.25, 0.3) is 0 Å². The van der Waals surface area contributed by atoms with Crippen LogP contribution in [0.15, 0.2) is 24.3 Å². The molecule has 1 saturated heterocycles. The summed E-state index contributed by atoms with van der Waals surface area (Å²) in [6.07, 6.45) is 1.16. The predicted molar refractivity (Wildman–Crippen MR) is 54.4 cm³/mol. The van der Waals surface area contributed by atoms with Crippen LogP contribution >= 0.6 is 0 Å². The van der Waals surface area contributed by atoms with Crippen LogP contribution in [-0.2, 0) is 0 Å². The van der Waals surface area contributed by atoms with Crippen LogP contribution in [-0.4, -0.2) is 24.5 Å². The molecule has 0 bridgehead atoms. The molecule has 1 atom stereocenters. The van der Waals surface area contributed by atoms with E-state index in [1.54, 1.807) is 0 Å². The van der Waals surface area contributed by atoms with Gasteiger partial charge in [-0.25, -0.2) is 4.39 Å².